The fourth-order valence-corrected chi connectivity index (χ4v) is 3.54. The number of hydrogen-bond acceptors (Lipinski definition) is 5. The van der Waals surface area contributed by atoms with Crippen LogP contribution in [0.5, 0.6) is 11.5 Å². The lowest BCUT2D eigenvalue weighted by atomic mass is 10.1. The highest BCUT2D eigenvalue weighted by molar-refractivity contribution is 9.11. The summed E-state index contributed by atoms with van der Waals surface area (Å²) in [6.07, 6.45) is 0.342. The van der Waals surface area contributed by atoms with Gasteiger partial charge in [0.2, 0.25) is 0 Å². The number of rotatable bonds is 6. The summed E-state index contributed by atoms with van der Waals surface area (Å²) in [5.74, 6) is 0.961. The van der Waals surface area contributed by atoms with Gasteiger partial charge in [-0.15, -0.1) is 0 Å². The van der Waals surface area contributed by atoms with Crippen LogP contribution in [-0.2, 0) is 20.7 Å². The van der Waals surface area contributed by atoms with E-state index in [0.717, 1.165) is 14.5 Å². The molecule has 0 atom stereocenters. The average Bonchev–Trinajstić information content (AvgIpc) is 2.63. The van der Waals surface area contributed by atoms with Crippen LogP contribution in [-0.4, -0.2) is 26.3 Å². The summed E-state index contributed by atoms with van der Waals surface area (Å²) >= 11 is 6.98. The van der Waals surface area contributed by atoms with Crippen LogP contribution in [0.25, 0.3) is 0 Å². The number of ether oxygens (including phenoxy) is 3. The molecule has 0 saturated heterocycles. The second-order valence-corrected chi connectivity index (χ2v) is 6.92. The molecule has 0 aliphatic rings. The van der Waals surface area contributed by atoms with E-state index < -0.39 is 6.09 Å². The molecule has 0 heterocycles. The Morgan fingerprint density at radius 3 is 2.15 bits per heavy atom. The van der Waals surface area contributed by atoms with Crippen LogP contribution in [0.4, 0.5) is 10.5 Å². The second kappa shape index (κ2) is 9.59. The number of hydrogen-bond donors (Lipinski definition) is 1. The largest absolute Gasteiger partial charge is 0.469 e. The van der Waals surface area contributed by atoms with Crippen molar-refractivity contribution in [1.82, 2.24) is 0 Å². The molecule has 1 N–H and O–H groups in total. The molecule has 26 heavy (non-hydrogen) atoms. The fourth-order valence-electron chi connectivity index (χ4n) is 2.10. The summed E-state index contributed by atoms with van der Waals surface area (Å²) in [5.41, 5.74) is 1.57. The molecule has 0 fully saturated rings. The summed E-state index contributed by atoms with van der Waals surface area (Å²) in [5, 5.41) is 2.57. The van der Waals surface area contributed by atoms with E-state index >= 15 is 0 Å². The van der Waals surface area contributed by atoms with Gasteiger partial charge < -0.3 is 14.2 Å². The van der Waals surface area contributed by atoms with Gasteiger partial charge in [-0.2, -0.15) is 0 Å². The summed E-state index contributed by atoms with van der Waals surface area (Å²) in [7, 11) is 2.67. The Labute approximate surface area is 168 Å². The molecule has 0 aliphatic carbocycles. The van der Waals surface area contributed by atoms with Gasteiger partial charge in [-0.1, -0.05) is 0 Å². The molecule has 138 valence electrons. The highest BCUT2D eigenvalue weighted by Gasteiger charge is 2.12. The van der Waals surface area contributed by atoms with Gasteiger partial charge >= 0.3 is 12.1 Å². The summed E-state index contributed by atoms with van der Waals surface area (Å²) in [6, 6.07) is 10.7. The highest BCUT2D eigenvalue weighted by Crippen LogP contribution is 2.38. The smallest absolute Gasteiger partial charge is 0.411 e. The van der Waals surface area contributed by atoms with Gasteiger partial charge in [-0.25, -0.2) is 4.79 Å². The first kappa shape index (κ1) is 20.3. The van der Waals surface area contributed by atoms with E-state index in [-0.39, 0.29) is 5.97 Å². The molecule has 8 heteroatoms. The Bertz CT molecular complexity index is 770. The van der Waals surface area contributed by atoms with E-state index in [4.69, 9.17) is 4.74 Å². The van der Waals surface area contributed by atoms with Crippen LogP contribution < -0.4 is 10.1 Å². The average molecular weight is 487 g/mol. The molecular formula is C18H17Br2NO5. The van der Waals surface area contributed by atoms with Crippen molar-refractivity contribution in [3.63, 3.8) is 0 Å². The van der Waals surface area contributed by atoms with Crippen molar-refractivity contribution in [3.05, 3.63) is 50.9 Å². The molecule has 2 rings (SSSR count). The number of benzene rings is 2. The number of nitrogens with one attached hydrogen (secondary N) is 1. The van der Waals surface area contributed by atoms with E-state index in [1.165, 1.54) is 14.2 Å². The maximum Gasteiger partial charge on any atom is 0.411 e. The molecule has 0 saturated carbocycles. The number of aryl methyl sites for hydroxylation is 1. The second-order valence-electron chi connectivity index (χ2n) is 5.21. The molecule has 2 aromatic rings. The van der Waals surface area contributed by atoms with E-state index in [0.29, 0.717) is 30.0 Å². The maximum atomic E-state index is 11.3. The van der Waals surface area contributed by atoms with Crippen LogP contribution in [0.15, 0.2) is 45.3 Å². The zero-order valence-corrected chi connectivity index (χ0v) is 17.3. The summed E-state index contributed by atoms with van der Waals surface area (Å²) < 4.78 is 16.6. The predicted molar refractivity (Wildman–Crippen MR) is 105 cm³/mol. The molecule has 0 aromatic heterocycles. The molecular weight excluding hydrogens is 470 g/mol. The molecule has 0 radical (unpaired) electrons. The van der Waals surface area contributed by atoms with Crippen molar-refractivity contribution in [3.8, 4) is 11.5 Å². The number of carbonyl (C=O) groups is 2. The van der Waals surface area contributed by atoms with E-state index in [1.54, 1.807) is 24.3 Å². The minimum Gasteiger partial charge on any atom is -0.469 e. The predicted octanol–water partition coefficient (Wildman–Crippen LogP) is 5.29. The minimum atomic E-state index is -0.535. The van der Waals surface area contributed by atoms with Gasteiger partial charge in [-0.3, -0.25) is 10.1 Å². The Morgan fingerprint density at radius 2 is 1.62 bits per heavy atom. The van der Waals surface area contributed by atoms with E-state index in [2.05, 4.69) is 46.7 Å². The van der Waals surface area contributed by atoms with Crippen molar-refractivity contribution < 1.29 is 23.8 Å². The standard InChI is InChI=1S/C18H17Br2NO5/c1-24-16(22)8-3-11-9-14(19)17(15(20)10-11)26-13-6-4-12(5-7-13)21-18(23)25-2/h4-7,9-10H,3,8H2,1-2H3,(H,21,23). The molecule has 2 aromatic carbocycles. The first-order valence-corrected chi connectivity index (χ1v) is 9.19. The lowest BCUT2D eigenvalue weighted by Gasteiger charge is -2.12. The first-order valence-electron chi connectivity index (χ1n) is 7.60. The van der Waals surface area contributed by atoms with Gasteiger partial charge in [0.1, 0.15) is 5.75 Å². The van der Waals surface area contributed by atoms with Crippen LogP contribution in [0, 0.1) is 0 Å². The van der Waals surface area contributed by atoms with Gasteiger partial charge in [-0.05, 0) is 80.2 Å². The molecule has 0 spiro atoms. The molecule has 0 unspecified atom stereocenters. The number of methoxy groups -OCH3 is 2. The fraction of sp³-hybridized carbons (Fsp3) is 0.222. The number of esters is 1. The van der Waals surface area contributed by atoms with Gasteiger partial charge in [0.05, 0.1) is 23.2 Å². The lowest BCUT2D eigenvalue weighted by Crippen LogP contribution is -2.10. The third-order valence-electron chi connectivity index (χ3n) is 3.41. The van der Waals surface area contributed by atoms with Crippen molar-refractivity contribution in [1.29, 1.82) is 0 Å². The van der Waals surface area contributed by atoms with Crippen molar-refractivity contribution in [2.45, 2.75) is 12.8 Å². The SMILES string of the molecule is COC(=O)CCc1cc(Br)c(Oc2ccc(NC(=O)OC)cc2)c(Br)c1. The van der Waals surface area contributed by atoms with E-state index in [9.17, 15) is 9.59 Å². The number of halogens is 2. The summed E-state index contributed by atoms with van der Waals surface area (Å²) in [6.45, 7) is 0. The maximum absolute atomic E-state index is 11.3. The Morgan fingerprint density at radius 1 is 1.00 bits per heavy atom. The Kier molecular flexibility index (Phi) is 7.47. The van der Waals surface area contributed by atoms with Gasteiger partial charge in [0.25, 0.3) is 0 Å². The number of amides is 1. The monoisotopic (exact) mass is 485 g/mol. The van der Waals surface area contributed by atoms with Gasteiger partial charge in [0, 0.05) is 12.1 Å². The Hall–Kier alpha value is -2.06. The zero-order valence-electron chi connectivity index (χ0n) is 14.2. The topological polar surface area (TPSA) is 73.9 Å². The van der Waals surface area contributed by atoms with E-state index in [1.807, 2.05) is 12.1 Å². The summed E-state index contributed by atoms with van der Waals surface area (Å²) in [4.78, 5) is 22.5. The quantitative estimate of drug-likeness (QED) is 0.561. The molecule has 0 aliphatic heterocycles. The van der Waals surface area contributed by atoms with Crippen molar-refractivity contribution >= 4 is 49.6 Å². The van der Waals surface area contributed by atoms with Gasteiger partial charge in [0.15, 0.2) is 5.75 Å². The third kappa shape index (κ3) is 5.74. The number of anilines is 1. The van der Waals surface area contributed by atoms with Crippen LogP contribution in [0.2, 0.25) is 0 Å². The van der Waals surface area contributed by atoms with Crippen molar-refractivity contribution in [2.75, 3.05) is 19.5 Å². The minimum absolute atomic E-state index is 0.252. The molecule has 1 amide bonds. The highest BCUT2D eigenvalue weighted by atomic mass is 79.9. The Balaban J connectivity index is 2.09. The third-order valence-corrected chi connectivity index (χ3v) is 4.59. The zero-order chi connectivity index (χ0) is 19.1. The normalized spacial score (nSPS) is 10.2. The molecule has 0 bridgehead atoms. The first-order chi connectivity index (χ1) is 12.4. The van der Waals surface area contributed by atoms with Crippen molar-refractivity contribution in [2.24, 2.45) is 0 Å². The van der Waals surface area contributed by atoms with Crippen LogP contribution >= 0.6 is 31.9 Å². The van der Waals surface area contributed by atoms with Crippen LogP contribution in [0.3, 0.4) is 0 Å². The number of carbonyl (C=O) groups excluding carboxylic acids is 2. The lowest BCUT2D eigenvalue weighted by molar-refractivity contribution is -0.140. The van der Waals surface area contributed by atoms with Crippen LogP contribution in [0.1, 0.15) is 12.0 Å². The molecule has 6 nitrogen and oxygen atoms in total.